The maximum atomic E-state index is 13.3. The molecule has 4 aromatic rings. The molecule has 7 nitrogen and oxygen atoms in total. The molecule has 2 aromatic carbocycles. The summed E-state index contributed by atoms with van der Waals surface area (Å²) < 4.78 is 24.3. The Labute approximate surface area is 182 Å². The number of nitrogens with one attached hydrogen (secondary N) is 1. The molecule has 0 bridgehead atoms. The highest BCUT2D eigenvalue weighted by Gasteiger charge is 2.20. The topological polar surface area (TPSA) is 90.1 Å². The van der Waals surface area contributed by atoms with Crippen molar-refractivity contribution in [2.45, 2.75) is 18.4 Å². The number of aryl methyl sites for hydroxylation is 1. The monoisotopic (exact) mass is 438 g/mol. The number of thioether (sulfide) groups is 1. The molecule has 0 saturated heterocycles. The van der Waals surface area contributed by atoms with Crippen molar-refractivity contribution < 1.29 is 18.4 Å². The quantitative estimate of drug-likeness (QED) is 0.434. The van der Waals surface area contributed by atoms with E-state index in [0.717, 1.165) is 10.5 Å². The van der Waals surface area contributed by atoms with Crippen LogP contribution in [0.15, 0.2) is 57.9 Å². The first kappa shape index (κ1) is 20.8. The van der Waals surface area contributed by atoms with Crippen molar-refractivity contribution in [1.29, 1.82) is 0 Å². The molecule has 0 fully saturated rings. The minimum absolute atomic E-state index is 0.183. The number of fused-ring (bicyclic) bond motifs is 1. The molecule has 0 spiro atoms. The second kappa shape index (κ2) is 9.13. The summed E-state index contributed by atoms with van der Waals surface area (Å²) in [7, 11) is 0. The molecule has 9 heteroatoms. The SMILES string of the molecule is CSc1ccc(CNC(=O)COc2nc(C)nc3onc(-c4ccc(F)cc4)c23)cc1. The Kier molecular flexibility index (Phi) is 6.13. The summed E-state index contributed by atoms with van der Waals surface area (Å²) in [5.74, 6) is -0.0563. The van der Waals surface area contributed by atoms with Gasteiger partial charge in [0.25, 0.3) is 11.6 Å². The van der Waals surface area contributed by atoms with Crippen molar-refractivity contribution in [1.82, 2.24) is 20.4 Å². The predicted octanol–water partition coefficient (Wildman–Crippen LogP) is 4.15. The molecule has 0 radical (unpaired) electrons. The van der Waals surface area contributed by atoms with Gasteiger partial charge in [0.05, 0.1) is 0 Å². The fourth-order valence-electron chi connectivity index (χ4n) is 2.96. The highest BCUT2D eigenvalue weighted by atomic mass is 32.2. The largest absolute Gasteiger partial charge is 0.467 e. The van der Waals surface area contributed by atoms with Crippen molar-refractivity contribution in [2.75, 3.05) is 12.9 Å². The average molecular weight is 438 g/mol. The first-order valence-corrected chi connectivity index (χ1v) is 10.7. The number of carbonyl (C=O) groups is 1. The van der Waals surface area contributed by atoms with E-state index in [-0.39, 0.29) is 29.9 Å². The van der Waals surface area contributed by atoms with Gasteiger partial charge in [-0.05, 0) is 55.1 Å². The van der Waals surface area contributed by atoms with E-state index in [1.54, 1.807) is 30.8 Å². The molecule has 0 aliphatic heterocycles. The zero-order chi connectivity index (χ0) is 21.8. The maximum absolute atomic E-state index is 13.3. The summed E-state index contributed by atoms with van der Waals surface area (Å²) in [5.41, 5.74) is 2.26. The number of amides is 1. The molecule has 1 amide bonds. The third kappa shape index (κ3) is 4.83. The lowest BCUT2D eigenvalue weighted by Gasteiger charge is -2.09. The van der Waals surface area contributed by atoms with E-state index in [0.29, 0.717) is 29.0 Å². The number of nitrogens with zero attached hydrogens (tertiary/aromatic N) is 3. The van der Waals surface area contributed by atoms with E-state index >= 15 is 0 Å². The van der Waals surface area contributed by atoms with Gasteiger partial charge in [-0.15, -0.1) is 11.8 Å². The fraction of sp³-hybridized carbons (Fsp3) is 0.182. The van der Waals surface area contributed by atoms with E-state index in [9.17, 15) is 9.18 Å². The molecular weight excluding hydrogens is 419 g/mol. The molecule has 0 aliphatic carbocycles. The molecule has 158 valence electrons. The van der Waals surface area contributed by atoms with Gasteiger partial charge in [0.2, 0.25) is 5.88 Å². The van der Waals surface area contributed by atoms with Crippen molar-refractivity contribution in [3.05, 3.63) is 65.7 Å². The lowest BCUT2D eigenvalue weighted by Crippen LogP contribution is -2.28. The zero-order valence-corrected chi connectivity index (χ0v) is 17.7. The standard InChI is InChI=1S/C22H19FN4O3S/c1-13-25-21(29-12-18(28)24-11-14-3-9-17(31-2)10-4-14)19-20(27-30-22(19)26-13)15-5-7-16(23)8-6-15/h3-10H,11-12H2,1-2H3,(H,24,28). The van der Waals surface area contributed by atoms with E-state index in [2.05, 4.69) is 20.4 Å². The van der Waals surface area contributed by atoms with Gasteiger partial charge >= 0.3 is 0 Å². The van der Waals surface area contributed by atoms with Gasteiger partial charge in [0.1, 0.15) is 22.7 Å². The first-order valence-electron chi connectivity index (χ1n) is 9.46. The molecule has 0 saturated carbocycles. The summed E-state index contributed by atoms with van der Waals surface area (Å²) in [6.45, 7) is 1.84. The van der Waals surface area contributed by atoms with Gasteiger partial charge in [0, 0.05) is 17.0 Å². The fourth-order valence-corrected chi connectivity index (χ4v) is 3.37. The van der Waals surface area contributed by atoms with Crippen molar-refractivity contribution in [2.24, 2.45) is 0 Å². The van der Waals surface area contributed by atoms with Crippen LogP contribution in [-0.2, 0) is 11.3 Å². The van der Waals surface area contributed by atoms with Gasteiger partial charge in [0.15, 0.2) is 6.61 Å². The highest BCUT2D eigenvalue weighted by molar-refractivity contribution is 7.98. The molecule has 4 rings (SSSR count). The molecule has 2 heterocycles. The van der Waals surface area contributed by atoms with E-state index < -0.39 is 0 Å². The van der Waals surface area contributed by atoms with Gasteiger partial charge in [-0.2, -0.15) is 9.97 Å². The third-order valence-corrected chi connectivity index (χ3v) is 5.26. The van der Waals surface area contributed by atoms with Crippen LogP contribution in [0, 0.1) is 12.7 Å². The molecule has 0 aliphatic rings. The Morgan fingerprint density at radius 1 is 1.13 bits per heavy atom. The van der Waals surface area contributed by atoms with Gasteiger partial charge in [-0.1, -0.05) is 17.3 Å². The van der Waals surface area contributed by atoms with Gasteiger partial charge in [-0.25, -0.2) is 4.39 Å². The van der Waals surface area contributed by atoms with Crippen LogP contribution in [0.3, 0.4) is 0 Å². The predicted molar refractivity (Wildman–Crippen MR) is 115 cm³/mol. The number of hydrogen-bond donors (Lipinski definition) is 1. The summed E-state index contributed by atoms with van der Waals surface area (Å²) in [4.78, 5) is 22.0. The highest BCUT2D eigenvalue weighted by Crippen LogP contribution is 2.33. The number of benzene rings is 2. The van der Waals surface area contributed by atoms with Gasteiger partial charge < -0.3 is 14.6 Å². The minimum atomic E-state index is -0.361. The van der Waals surface area contributed by atoms with Crippen molar-refractivity contribution in [3.63, 3.8) is 0 Å². The Bertz CT molecular complexity index is 1210. The van der Waals surface area contributed by atoms with Crippen LogP contribution in [0.25, 0.3) is 22.4 Å². The Morgan fingerprint density at radius 2 is 1.87 bits per heavy atom. The molecule has 31 heavy (non-hydrogen) atoms. The average Bonchev–Trinajstić information content (AvgIpc) is 3.20. The number of hydrogen-bond acceptors (Lipinski definition) is 7. The summed E-state index contributed by atoms with van der Waals surface area (Å²) in [5, 5.41) is 7.28. The minimum Gasteiger partial charge on any atom is -0.467 e. The number of ether oxygens (including phenoxy) is 1. The lowest BCUT2D eigenvalue weighted by molar-refractivity contribution is -0.123. The van der Waals surface area contributed by atoms with Crippen molar-refractivity contribution in [3.8, 4) is 17.1 Å². The van der Waals surface area contributed by atoms with Crippen molar-refractivity contribution >= 4 is 28.8 Å². The third-order valence-electron chi connectivity index (χ3n) is 4.52. The molecular formula is C22H19FN4O3S. The van der Waals surface area contributed by atoms with Crippen LogP contribution in [-0.4, -0.2) is 33.9 Å². The summed E-state index contributed by atoms with van der Waals surface area (Å²) in [6.07, 6.45) is 2.01. The number of rotatable bonds is 7. The zero-order valence-electron chi connectivity index (χ0n) is 16.9. The van der Waals surface area contributed by atoms with Crippen LogP contribution in [0.5, 0.6) is 5.88 Å². The molecule has 0 atom stereocenters. The van der Waals surface area contributed by atoms with Gasteiger partial charge in [-0.3, -0.25) is 4.79 Å². The van der Waals surface area contributed by atoms with Crippen LogP contribution in [0.4, 0.5) is 4.39 Å². The second-order valence-corrected chi connectivity index (χ2v) is 7.59. The number of carbonyl (C=O) groups excluding carboxylic acids is 1. The number of aromatic nitrogens is 3. The summed E-state index contributed by atoms with van der Waals surface area (Å²) >= 11 is 1.66. The Hall–Kier alpha value is -3.46. The van der Waals surface area contributed by atoms with E-state index in [1.807, 2.05) is 30.5 Å². The smallest absolute Gasteiger partial charge is 0.265 e. The Balaban J connectivity index is 1.49. The lowest BCUT2D eigenvalue weighted by atomic mass is 10.1. The van der Waals surface area contributed by atoms with Crippen LogP contribution < -0.4 is 10.1 Å². The molecule has 1 N–H and O–H groups in total. The van der Waals surface area contributed by atoms with E-state index in [4.69, 9.17) is 9.26 Å². The maximum Gasteiger partial charge on any atom is 0.265 e. The summed E-state index contributed by atoms with van der Waals surface area (Å²) in [6, 6.07) is 13.7. The molecule has 2 aromatic heterocycles. The normalized spacial score (nSPS) is 10.9. The van der Waals surface area contributed by atoms with E-state index in [1.165, 1.54) is 12.1 Å². The number of halogens is 1. The second-order valence-electron chi connectivity index (χ2n) is 6.71. The first-order chi connectivity index (χ1) is 15.0. The molecule has 0 unspecified atom stereocenters. The van der Waals surface area contributed by atoms with Crippen LogP contribution >= 0.6 is 11.8 Å². The van der Waals surface area contributed by atoms with Crippen LogP contribution in [0.2, 0.25) is 0 Å². The van der Waals surface area contributed by atoms with Crippen LogP contribution in [0.1, 0.15) is 11.4 Å². The Morgan fingerprint density at radius 3 is 2.58 bits per heavy atom.